The van der Waals surface area contributed by atoms with Crippen LogP contribution in [0.5, 0.6) is 0 Å². The number of rotatable bonds is 7. The molecule has 3 heteroatoms. The molecule has 154 valence electrons. The second-order valence-corrected chi connectivity index (χ2v) is 9.95. The highest BCUT2D eigenvalue weighted by Crippen LogP contribution is 2.60. The Morgan fingerprint density at radius 1 is 0.926 bits per heavy atom. The number of methoxy groups -OCH3 is 1. The van der Waals surface area contributed by atoms with E-state index in [1.165, 1.54) is 57.8 Å². The van der Waals surface area contributed by atoms with Crippen molar-refractivity contribution in [1.82, 2.24) is 0 Å². The average Bonchev–Trinajstić information content (AvgIpc) is 3.14. The molecule has 27 heavy (non-hydrogen) atoms. The lowest BCUT2D eigenvalue weighted by Crippen LogP contribution is -2.46. The Bertz CT molecular complexity index is 492. The molecular formula is C24H40O3. The third-order valence-corrected chi connectivity index (χ3v) is 9.01. The van der Waals surface area contributed by atoms with Gasteiger partial charge >= 0.3 is 0 Å². The summed E-state index contributed by atoms with van der Waals surface area (Å²) in [4.78, 5) is 0. The Morgan fingerprint density at radius 2 is 1.59 bits per heavy atom. The van der Waals surface area contributed by atoms with Crippen molar-refractivity contribution in [2.75, 3.05) is 20.5 Å². The maximum Gasteiger partial charge on any atom is 0.146 e. The molecule has 4 rings (SSSR count). The van der Waals surface area contributed by atoms with Gasteiger partial charge in [-0.3, -0.25) is 0 Å². The molecule has 0 bridgehead atoms. The Kier molecular flexibility index (Phi) is 6.61. The lowest BCUT2D eigenvalue weighted by atomic mass is 9.53. The second-order valence-electron chi connectivity index (χ2n) is 9.95. The highest BCUT2D eigenvalue weighted by molar-refractivity contribution is 5.02. The van der Waals surface area contributed by atoms with Crippen molar-refractivity contribution in [1.29, 1.82) is 0 Å². The lowest BCUT2D eigenvalue weighted by Gasteiger charge is -2.53. The SMILES string of the molecule is C=CC[C@@H](CO)[C@H]1CC[C@H]2[C@@H]3CC[C@@H]4C[C@H](OCOC)CC[C@@H]4[C@H]3CC[C@@H]21. The van der Waals surface area contributed by atoms with Gasteiger partial charge in [-0.1, -0.05) is 6.08 Å². The Labute approximate surface area is 165 Å². The van der Waals surface area contributed by atoms with E-state index >= 15 is 0 Å². The maximum atomic E-state index is 9.91. The lowest BCUT2D eigenvalue weighted by molar-refractivity contribution is -0.114. The minimum atomic E-state index is 0.349. The highest BCUT2D eigenvalue weighted by Gasteiger charge is 2.52. The summed E-state index contributed by atoms with van der Waals surface area (Å²) in [7, 11) is 1.72. The number of aliphatic hydroxyl groups excluding tert-OH is 1. The first kappa shape index (κ1) is 19.9. The van der Waals surface area contributed by atoms with Crippen molar-refractivity contribution in [3.05, 3.63) is 12.7 Å². The first-order chi connectivity index (χ1) is 13.3. The Hall–Kier alpha value is -0.380. The van der Waals surface area contributed by atoms with Gasteiger partial charge in [0.2, 0.25) is 0 Å². The van der Waals surface area contributed by atoms with Crippen LogP contribution in [0.4, 0.5) is 0 Å². The van der Waals surface area contributed by atoms with Crippen LogP contribution in [0.25, 0.3) is 0 Å². The number of hydrogen-bond acceptors (Lipinski definition) is 3. The fraction of sp³-hybridized carbons (Fsp3) is 0.917. The van der Waals surface area contributed by atoms with Crippen molar-refractivity contribution in [2.45, 2.75) is 70.3 Å². The fourth-order valence-corrected chi connectivity index (χ4v) is 8.01. The van der Waals surface area contributed by atoms with E-state index < -0.39 is 0 Å². The molecule has 4 aliphatic rings. The molecule has 0 aliphatic heterocycles. The summed E-state index contributed by atoms with van der Waals surface area (Å²) in [6.45, 7) is 4.73. The summed E-state index contributed by atoms with van der Waals surface area (Å²) in [6, 6.07) is 0. The van der Waals surface area contributed by atoms with Crippen LogP contribution >= 0.6 is 0 Å². The number of ether oxygens (including phenoxy) is 2. The van der Waals surface area contributed by atoms with E-state index in [9.17, 15) is 5.11 Å². The van der Waals surface area contributed by atoms with Crippen LogP contribution < -0.4 is 0 Å². The molecule has 0 saturated heterocycles. The Morgan fingerprint density at radius 3 is 2.37 bits per heavy atom. The quantitative estimate of drug-likeness (QED) is 0.500. The molecule has 0 aromatic carbocycles. The largest absolute Gasteiger partial charge is 0.396 e. The molecule has 0 aromatic rings. The molecule has 0 amide bonds. The molecule has 0 unspecified atom stereocenters. The van der Waals surface area contributed by atoms with Crippen LogP contribution in [0.1, 0.15) is 64.2 Å². The van der Waals surface area contributed by atoms with Crippen molar-refractivity contribution in [3.63, 3.8) is 0 Å². The van der Waals surface area contributed by atoms with Gasteiger partial charge in [-0.15, -0.1) is 6.58 Å². The zero-order chi connectivity index (χ0) is 18.8. The topological polar surface area (TPSA) is 38.7 Å². The van der Waals surface area contributed by atoms with Crippen LogP contribution in [0.2, 0.25) is 0 Å². The molecule has 9 atom stereocenters. The van der Waals surface area contributed by atoms with Gasteiger partial charge in [0.15, 0.2) is 0 Å². The van der Waals surface area contributed by atoms with Crippen LogP contribution in [0.3, 0.4) is 0 Å². The monoisotopic (exact) mass is 376 g/mol. The van der Waals surface area contributed by atoms with Gasteiger partial charge in [0.25, 0.3) is 0 Å². The first-order valence-electron chi connectivity index (χ1n) is 11.6. The van der Waals surface area contributed by atoms with Gasteiger partial charge in [-0.05, 0) is 112 Å². The zero-order valence-electron chi connectivity index (χ0n) is 17.2. The van der Waals surface area contributed by atoms with Gasteiger partial charge in [-0.25, -0.2) is 0 Å². The van der Waals surface area contributed by atoms with Crippen LogP contribution in [-0.4, -0.2) is 31.7 Å². The second kappa shape index (κ2) is 8.97. The minimum Gasteiger partial charge on any atom is -0.396 e. The average molecular weight is 377 g/mol. The number of hydrogen-bond donors (Lipinski definition) is 1. The third kappa shape index (κ3) is 3.89. The van der Waals surface area contributed by atoms with E-state index in [0.29, 0.717) is 25.4 Å². The molecule has 4 saturated carbocycles. The molecule has 0 spiro atoms. The summed E-state index contributed by atoms with van der Waals surface area (Å²) in [5.41, 5.74) is 0. The van der Waals surface area contributed by atoms with Gasteiger partial charge in [0.05, 0.1) is 6.10 Å². The maximum absolute atomic E-state index is 9.91. The third-order valence-electron chi connectivity index (χ3n) is 9.01. The van der Waals surface area contributed by atoms with Gasteiger partial charge in [-0.2, -0.15) is 0 Å². The predicted octanol–water partition coefficient (Wildman–Crippen LogP) is 5.04. The summed E-state index contributed by atoms with van der Waals surface area (Å²) < 4.78 is 11.0. The molecule has 1 N–H and O–H groups in total. The molecule has 0 aromatic heterocycles. The number of fused-ring (bicyclic) bond motifs is 5. The van der Waals surface area contributed by atoms with Crippen LogP contribution in [0, 0.1) is 47.3 Å². The van der Waals surface area contributed by atoms with Crippen molar-refractivity contribution >= 4 is 0 Å². The molecular weight excluding hydrogens is 336 g/mol. The van der Waals surface area contributed by atoms with Crippen molar-refractivity contribution in [3.8, 4) is 0 Å². The van der Waals surface area contributed by atoms with E-state index in [4.69, 9.17) is 9.47 Å². The molecule has 0 radical (unpaired) electrons. The summed E-state index contributed by atoms with van der Waals surface area (Å²) in [5, 5.41) is 9.91. The Balaban J connectivity index is 1.39. The zero-order valence-corrected chi connectivity index (χ0v) is 17.2. The van der Waals surface area contributed by atoms with Gasteiger partial charge < -0.3 is 14.6 Å². The van der Waals surface area contributed by atoms with E-state index in [-0.39, 0.29) is 0 Å². The smallest absolute Gasteiger partial charge is 0.146 e. The molecule has 3 nitrogen and oxygen atoms in total. The molecule has 4 fully saturated rings. The normalized spacial score (nSPS) is 44.8. The highest BCUT2D eigenvalue weighted by atomic mass is 16.7. The van der Waals surface area contributed by atoms with E-state index in [1.807, 2.05) is 6.08 Å². The fourth-order valence-electron chi connectivity index (χ4n) is 8.01. The van der Waals surface area contributed by atoms with Gasteiger partial charge in [0, 0.05) is 13.7 Å². The van der Waals surface area contributed by atoms with Crippen molar-refractivity contribution in [2.24, 2.45) is 47.3 Å². The number of aliphatic hydroxyl groups is 1. The predicted molar refractivity (Wildman–Crippen MR) is 108 cm³/mol. The van der Waals surface area contributed by atoms with E-state index in [1.54, 1.807) is 7.11 Å². The minimum absolute atomic E-state index is 0.349. The van der Waals surface area contributed by atoms with Crippen LogP contribution in [-0.2, 0) is 9.47 Å². The van der Waals surface area contributed by atoms with Gasteiger partial charge in [0.1, 0.15) is 6.79 Å². The molecule has 0 heterocycles. The standard InChI is InChI=1S/C24H40O3/c1-3-4-17(14-25)20-9-10-24-22(20)12-11-21-19-8-6-18(27-15-26-2)13-16(19)5-7-23(21)24/h3,16-25H,1,4-15H2,2H3/t16-,17+,18-,19+,20-,21-,22-,23-,24-/m1/s1. The van der Waals surface area contributed by atoms with Crippen LogP contribution in [0.15, 0.2) is 12.7 Å². The van der Waals surface area contributed by atoms with E-state index in [2.05, 4.69) is 6.58 Å². The first-order valence-corrected chi connectivity index (χ1v) is 11.6. The summed E-state index contributed by atoms with van der Waals surface area (Å²) >= 11 is 0. The van der Waals surface area contributed by atoms with E-state index in [0.717, 1.165) is 47.8 Å². The molecule has 4 aliphatic carbocycles. The summed E-state index contributed by atoms with van der Waals surface area (Å²) in [6.07, 6.45) is 15.8. The summed E-state index contributed by atoms with van der Waals surface area (Å²) in [5.74, 6) is 6.80. The van der Waals surface area contributed by atoms with Crippen molar-refractivity contribution < 1.29 is 14.6 Å². The number of allylic oxidation sites excluding steroid dienone is 1.